The summed E-state index contributed by atoms with van der Waals surface area (Å²) < 4.78 is 3.56. The zero-order valence-corrected chi connectivity index (χ0v) is 4.81. The lowest BCUT2D eigenvalue weighted by atomic mass is 11.6. The number of hydrogen-bond acceptors (Lipinski definition) is 3. The Labute approximate surface area is 48.4 Å². The summed E-state index contributed by atoms with van der Waals surface area (Å²) in [6.07, 6.45) is 0. The molecule has 0 saturated heterocycles. The lowest BCUT2D eigenvalue weighted by Gasteiger charge is -1.78. The summed E-state index contributed by atoms with van der Waals surface area (Å²) in [5, 5.41) is -0.710. The van der Waals surface area contributed by atoms with Gasteiger partial charge in [0, 0.05) is 0 Å². The molecule has 0 heterocycles. The third kappa shape index (κ3) is 2.63. The largest absolute Gasteiger partial charge is 0.401 e. The molecule has 0 aliphatic heterocycles. The Balaban J connectivity index is 2.99. The van der Waals surface area contributed by atoms with E-state index in [-0.39, 0.29) is 0 Å². The average Bonchev–Trinajstić information content (AvgIpc) is 1.65. The number of carbonyl (C=O) groups excluding carboxylic acids is 1. The molecule has 0 saturated carbocycles. The molecule has 0 amide bonds. The van der Waals surface area contributed by atoms with E-state index in [2.05, 4.69) is 16.2 Å². The van der Waals surface area contributed by atoms with Gasteiger partial charge in [0.1, 0.15) is 11.9 Å². The van der Waals surface area contributed by atoms with Crippen LogP contribution in [0, 0.1) is 0 Å². The van der Waals surface area contributed by atoms with Crippen LogP contribution in [0.15, 0.2) is 0 Å². The van der Waals surface area contributed by atoms with Gasteiger partial charge in [-0.15, -0.1) is 0 Å². The molecule has 0 spiro atoms. The van der Waals surface area contributed by atoms with Crippen LogP contribution in [0.1, 0.15) is 0 Å². The van der Waals surface area contributed by atoms with Gasteiger partial charge in [0.2, 0.25) is 0 Å². The van der Waals surface area contributed by atoms with E-state index in [1.54, 1.807) is 0 Å². The van der Waals surface area contributed by atoms with Gasteiger partial charge < -0.3 is 4.29 Å². The van der Waals surface area contributed by atoms with Gasteiger partial charge in [-0.05, 0) is 10.7 Å². The maximum atomic E-state index is 9.66. The molecule has 36 valence electrons. The Morgan fingerprint density at radius 2 is 2.33 bits per heavy atom. The Morgan fingerprint density at radius 1 is 1.83 bits per heavy atom. The Bertz CT molecular complexity index is 49.5. The van der Waals surface area contributed by atoms with Crippen molar-refractivity contribution in [3.63, 3.8) is 0 Å². The zero-order valence-electron chi connectivity index (χ0n) is 2.48. The van der Waals surface area contributed by atoms with Gasteiger partial charge in [0.15, 0.2) is 0 Å². The number of carbonyl (C=O) groups is 1. The van der Waals surface area contributed by atoms with Gasteiger partial charge in [0.25, 0.3) is 0 Å². The molecule has 0 aromatic carbocycles. The summed E-state index contributed by atoms with van der Waals surface area (Å²) in [6.45, 7) is 0. The normalized spacial score (nSPS) is 7.67. The quantitative estimate of drug-likeness (QED) is 0.525. The van der Waals surface area contributed by atoms with Crippen molar-refractivity contribution in [1.29, 1.82) is 0 Å². The molecule has 0 aliphatic rings. The van der Waals surface area contributed by atoms with Gasteiger partial charge in [-0.25, -0.2) is 4.79 Å². The summed E-state index contributed by atoms with van der Waals surface area (Å²) in [7, 11) is 5.21. The molecule has 2 nitrogen and oxygen atoms in total. The van der Waals surface area contributed by atoms with Crippen molar-refractivity contribution in [1.82, 2.24) is 0 Å². The van der Waals surface area contributed by atoms with Crippen LogP contribution in [0.25, 0.3) is 0 Å². The summed E-state index contributed by atoms with van der Waals surface area (Å²) in [5.74, 6) is 0. The van der Waals surface area contributed by atoms with E-state index in [4.69, 9.17) is 10.7 Å². The lowest BCUT2D eigenvalue weighted by molar-refractivity contribution is 0.231. The Kier molecular flexibility index (Phi) is 3.82. The second-order valence-corrected chi connectivity index (χ2v) is 1.51. The zero-order chi connectivity index (χ0) is 4.99. The summed E-state index contributed by atoms with van der Waals surface area (Å²) in [6, 6.07) is 0. The van der Waals surface area contributed by atoms with Crippen molar-refractivity contribution in [3.8, 4) is 0 Å². The first-order chi connectivity index (χ1) is 2.81. The highest BCUT2D eigenvalue weighted by atomic mass is 35.7. The fourth-order valence-electron chi connectivity index (χ4n) is 0.0119. The van der Waals surface area contributed by atoms with Gasteiger partial charge in [-0.2, -0.15) is 0 Å². The molecule has 0 radical (unpaired) electrons. The van der Waals surface area contributed by atoms with Crippen LogP contribution in [0.4, 0.5) is 4.79 Å². The Hall–Kier alpha value is 0.400. The molecule has 0 fully saturated rings. The fourth-order valence-corrected chi connectivity index (χ4v) is 0.321. The lowest BCUT2D eigenvalue weighted by Crippen LogP contribution is -1.77. The molecule has 0 aliphatic carbocycles. The van der Waals surface area contributed by atoms with E-state index in [1.807, 2.05) is 0 Å². The van der Waals surface area contributed by atoms with Crippen LogP contribution >= 0.6 is 33.5 Å². The fraction of sp³-hybridized carbons (Fsp3) is 0. The molecule has 6 heavy (non-hydrogen) atoms. The molecule has 0 aromatic heterocycles. The highest BCUT2D eigenvalue weighted by Crippen LogP contribution is 2.09. The van der Waals surface area contributed by atoms with E-state index < -0.39 is 5.30 Å². The standard InChI is InChI=1S/CCl2O2S/c2-5-1(4)6-3. The molecule has 0 unspecified atom stereocenters. The van der Waals surface area contributed by atoms with Crippen molar-refractivity contribution < 1.29 is 9.08 Å². The first-order valence-corrected chi connectivity index (χ1v) is 2.87. The first kappa shape index (κ1) is 6.40. The Morgan fingerprint density at radius 3 is 2.33 bits per heavy atom. The van der Waals surface area contributed by atoms with Crippen molar-refractivity contribution >= 4 is 38.8 Å². The van der Waals surface area contributed by atoms with Gasteiger partial charge >= 0.3 is 5.30 Å². The molecule has 0 rings (SSSR count). The monoisotopic (exact) mass is 146 g/mol. The number of halogens is 2. The second-order valence-electron chi connectivity index (χ2n) is 0.404. The predicted molar refractivity (Wildman–Crippen MR) is 25.8 cm³/mol. The first-order valence-electron chi connectivity index (χ1n) is 0.921. The predicted octanol–water partition coefficient (Wildman–Crippen LogP) is 2.16. The van der Waals surface area contributed by atoms with Crippen molar-refractivity contribution in [2.75, 3.05) is 0 Å². The SMILES string of the molecule is O=C(OCl)SCl. The van der Waals surface area contributed by atoms with Crippen molar-refractivity contribution in [3.05, 3.63) is 0 Å². The average molecular weight is 147 g/mol. The summed E-state index contributed by atoms with van der Waals surface area (Å²) in [4.78, 5) is 9.66. The third-order valence-corrected chi connectivity index (χ3v) is 0.945. The minimum absolute atomic E-state index is 0.404. The maximum Gasteiger partial charge on any atom is 0.401 e. The molecular formula is CCl2O2S. The number of hydrogen-bond donors (Lipinski definition) is 0. The van der Waals surface area contributed by atoms with E-state index in [9.17, 15) is 4.79 Å². The summed E-state index contributed by atoms with van der Waals surface area (Å²) in [5.41, 5.74) is 0. The van der Waals surface area contributed by atoms with Gasteiger partial charge in [0.05, 0.1) is 11.0 Å². The van der Waals surface area contributed by atoms with E-state index in [0.29, 0.717) is 11.0 Å². The topological polar surface area (TPSA) is 26.3 Å². The molecule has 0 aromatic rings. The third-order valence-electron chi connectivity index (χ3n) is 0.126. The van der Waals surface area contributed by atoms with Gasteiger partial charge in [-0.3, -0.25) is 0 Å². The van der Waals surface area contributed by atoms with Crippen molar-refractivity contribution in [2.45, 2.75) is 0 Å². The van der Waals surface area contributed by atoms with Gasteiger partial charge in [-0.1, -0.05) is 0 Å². The maximum absolute atomic E-state index is 9.66. The van der Waals surface area contributed by atoms with E-state index in [1.165, 1.54) is 0 Å². The smallest absolute Gasteiger partial charge is 0.338 e. The second kappa shape index (κ2) is 3.59. The van der Waals surface area contributed by atoms with Crippen LogP contribution in [-0.4, -0.2) is 5.30 Å². The van der Waals surface area contributed by atoms with Crippen LogP contribution in [0.3, 0.4) is 0 Å². The molecular weight excluding hydrogens is 147 g/mol. The van der Waals surface area contributed by atoms with Crippen LogP contribution in [0.2, 0.25) is 0 Å². The van der Waals surface area contributed by atoms with Crippen LogP contribution in [-0.2, 0) is 4.29 Å². The minimum Gasteiger partial charge on any atom is -0.338 e. The molecule has 0 N–H and O–H groups in total. The summed E-state index contributed by atoms with van der Waals surface area (Å²) >= 11 is 4.50. The highest BCUT2D eigenvalue weighted by molar-refractivity contribution is 8.32. The number of rotatable bonds is 0. The molecule has 5 heteroatoms. The van der Waals surface area contributed by atoms with Crippen LogP contribution < -0.4 is 0 Å². The highest BCUT2D eigenvalue weighted by Gasteiger charge is 1.94. The van der Waals surface area contributed by atoms with Crippen LogP contribution in [0.5, 0.6) is 0 Å². The molecule has 0 atom stereocenters. The van der Waals surface area contributed by atoms with E-state index >= 15 is 0 Å². The van der Waals surface area contributed by atoms with E-state index in [0.717, 1.165) is 0 Å². The minimum atomic E-state index is -0.710. The van der Waals surface area contributed by atoms with Crippen molar-refractivity contribution in [2.24, 2.45) is 0 Å². The molecule has 0 bridgehead atoms.